The van der Waals surface area contributed by atoms with Crippen LogP contribution in [-0.4, -0.2) is 29.4 Å². The van der Waals surface area contributed by atoms with Crippen molar-refractivity contribution in [3.05, 3.63) is 64.9 Å². The Morgan fingerprint density at radius 3 is 2.68 bits per heavy atom. The monoisotopic (exact) mass is 274 g/mol. The highest BCUT2D eigenvalue weighted by atomic mass is 35.5. The van der Waals surface area contributed by atoms with E-state index in [1.54, 1.807) is 30.3 Å². The van der Waals surface area contributed by atoms with Crippen molar-refractivity contribution in [3.8, 4) is 0 Å². The Morgan fingerprint density at radius 2 is 2.00 bits per heavy atom. The van der Waals surface area contributed by atoms with Crippen LogP contribution in [0.25, 0.3) is 0 Å². The van der Waals surface area contributed by atoms with E-state index in [1.165, 1.54) is 5.56 Å². The molecule has 0 spiro atoms. The number of amides is 1. The Hall–Kier alpha value is -1.87. The lowest BCUT2D eigenvalue weighted by atomic mass is 10.1. The maximum Gasteiger partial charge on any atom is 0.272 e. The Balaban J connectivity index is 1.96. The van der Waals surface area contributed by atoms with E-state index in [0.717, 1.165) is 6.42 Å². The van der Waals surface area contributed by atoms with Gasteiger partial charge in [-0.25, -0.2) is 0 Å². The topological polar surface area (TPSA) is 33.2 Å². The molecule has 2 aromatic rings. The molecule has 2 rings (SSSR count). The van der Waals surface area contributed by atoms with E-state index in [2.05, 4.69) is 17.1 Å². The van der Waals surface area contributed by atoms with Gasteiger partial charge in [-0.2, -0.15) is 0 Å². The predicted molar refractivity (Wildman–Crippen MR) is 76.4 cm³/mol. The first-order valence-corrected chi connectivity index (χ1v) is 6.45. The molecule has 4 heteroatoms. The minimum absolute atomic E-state index is 0.113. The molecule has 0 aliphatic heterocycles. The highest BCUT2D eigenvalue weighted by Crippen LogP contribution is 2.10. The van der Waals surface area contributed by atoms with Crippen molar-refractivity contribution < 1.29 is 4.79 Å². The first kappa shape index (κ1) is 13.6. The highest BCUT2D eigenvalue weighted by molar-refractivity contribution is 6.30. The van der Waals surface area contributed by atoms with Gasteiger partial charge in [0.2, 0.25) is 0 Å². The number of carbonyl (C=O) groups excluding carboxylic acids is 1. The molecule has 0 saturated carbocycles. The molecule has 1 amide bonds. The smallest absolute Gasteiger partial charge is 0.272 e. The quantitative estimate of drug-likeness (QED) is 0.859. The van der Waals surface area contributed by atoms with Crippen molar-refractivity contribution in [1.82, 2.24) is 9.88 Å². The predicted octanol–water partition coefficient (Wildman–Crippen LogP) is 3.05. The summed E-state index contributed by atoms with van der Waals surface area (Å²) >= 11 is 5.86. The molecule has 19 heavy (non-hydrogen) atoms. The molecular weight excluding hydrogens is 260 g/mol. The number of pyridine rings is 1. The van der Waals surface area contributed by atoms with Gasteiger partial charge in [0.05, 0.1) is 0 Å². The lowest BCUT2D eigenvalue weighted by Crippen LogP contribution is -2.29. The fourth-order valence-electron chi connectivity index (χ4n) is 1.76. The van der Waals surface area contributed by atoms with Gasteiger partial charge < -0.3 is 4.90 Å². The van der Waals surface area contributed by atoms with Crippen LogP contribution < -0.4 is 0 Å². The number of halogens is 1. The van der Waals surface area contributed by atoms with E-state index < -0.39 is 0 Å². The van der Waals surface area contributed by atoms with Crippen molar-refractivity contribution in [2.45, 2.75) is 6.42 Å². The van der Waals surface area contributed by atoms with Crippen LogP contribution >= 0.6 is 11.6 Å². The minimum atomic E-state index is -0.113. The molecule has 3 nitrogen and oxygen atoms in total. The SMILES string of the molecule is CN(CCc1ccccc1)C(=O)c1cc(Cl)ccn1. The second-order valence-electron chi connectivity index (χ2n) is 4.32. The van der Waals surface area contributed by atoms with Gasteiger partial charge in [-0.15, -0.1) is 0 Å². The van der Waals surface area contributed by atoms with Gasteiger partial charge in [-0.1, -0.05) is 41.9 Å². The zero-order valence-corrected chi connectivity index (χ0v) is 11.5. The number of rotatable bonds is 4. The average molecular weight is 275 g/mol. The molecule has 1 aromatic carbocycles. The lowest BCUT2D eigenvalue weighted by Gasteiger charge is -2.16. The van der Waals surface area contributed by atoms with Gasteiger partial charge in [-0.05, 0) is 24.1 Å². The number of carbonyl (C=O) groups is 1. The molecule has 1 aromatic heterocycles. The van der Waals surface area contributed by atoms with Gasteiger partial charge in [0.15, 0.2) is 0 Å². The van der Waals surface area contributed by atoms with Crippen molar-refractivity contribution in [2.24, 2.45) is 0 Å². The van der Waals surface area contributed by atoms with E-state index in [0.29, 0.717) is 17.3 Å². The summed E-state index contributed by atoms with van der Waals surface area (Å²) in [6, 6.07) is 13.3. The van der Waals surface area contributed by atoms with Gasteiger partial charge >= 0.3 is 0 Å². The van der Waals surface area contributed by atoms with Crippen molar-refractivity contribution in [3.63, 3.8) is 0 Å². The van der Waals surface area contributed by atoms with Gasteiger partial charge in [0, 0.05) is 24.8 Å². The minimum Gasteiger partial charge on any atom is -0.340 e. The summed E-state index contributed by atoms with van der Waals surface area (Å²) in [7, 11) is 1.77. The number of likely N-dealkylation sites (N-methyl/N-ethyl adjacent to an activating group) is 1. The number of nitrogens with zero attached hydrogens (tertiary/aromatic N) is 2. The Bertz CT molecular complexity index is 557. The summed E-state index contributed by atoms with van der Waals surface area (Å²) in [6.07, 6.45) is 2.37. The summed E-state index contributed by atoms with van der Waals surface area (Å²) in [5.74, 6) is -0.113. The highest BCUT2D eigenvalue weighted by Gasteiger charge is 2.13. The van der Waals surface area contributed by atoms with Crippen LogP contribution in [0.15, 0.2) is 48.7 Å². The van der Waals surface area contributed by atoms with Gasteiger partial charge in [-0.3, -0.25) is 9.78 Å². The third-order valence-electron chi connectivity index (χ3n) is 2.87. The summed E-state index contributed by atoms with van der Waals surface area (Å²) in [5, 5.41) is 0.523. The number of hydrogen-bond acceptors (Lipinski definition) is 2. The maximum atomic E-state index is 12.1. The molecule has 0 aliphatic carbocycles. The van der Waals surface area contributed by atoms with E-state index in [-0.39, 0.29) is 5.91 Å². The number of benzene rings is 1. The molecular formula is C15H15ClN2O. The van der Waals surface area contributed by atoms with E-state index in [4.69, 9.17) is 11.6 Å². The van der Waals surface area contributed by atoms with E-state index in [9.17, 15) is 4.79 Å². The fourth-order valence-corrected chi connectivity index (χ4v) is 1.92. The molecule has 98 valence electrons. The van der Waals surface area contributed by atoms with Crippen LogP contribution in [0.2, 0.25) is 5.02 Å². The zero-order valence-electron chi connectivity index (χ0n) is 10.7. The summed E-state index contributed by atoms with van der Waals surface area (Å²) in [5.41, 5.74) is 1.59. The molecule has 0 atom stereocenters. The molecule has 1 heterocycles. The first-order chi connectivity index (χ1) is 9.16. The molecule has 0 bridgehead atoms. The van der Waals surface area contributed by atoms with Crippen LogP contribution in [0, 0.1) is 0 Å². The summed E-state index contributed by atoms with van der Waals surface area (Å²) in [4.78, 5) is 17.8. The maximum absolute atomic E-state index is 12.1. The third kappa shape index (κ3) is 3.80. The van der Waals surface area contributed by atoms with Crippen molar-refractivity contribution in [2.75, 3.05) is 13.6 Å². The first-order valence-electron chi connectivity index (χ1n) is 6.08. The van der Waals surface area contributed by atoms with Crippen LogP contribution in [0.4, 0.5) is 0 Å². The van der Waals surface area contributed by atoms with Crippen LogP contribution in [0.3, 0.4) is 0 Å². The van der Waals surface area contributed by atoms with E-state index >= 15 is 0 Å². The second kappa shape index (κ2) is 6.34. The fraction of sp³-hybridized carbons (Fsp3) is 0.200. The van der Waals surface area contributed by atoms with Crippen LogP contribution in [0.1, 0.15) is 16.1 Å². The second-order valence-corrected chi connectivity index (χ2v) is 4.76. The Morgan fingerprint density at radius 1 is 1.26 bits per heavy atom. The zero-order chi connectivity index (χ0) is 13.7. The number of hydrogen-bond donors (Lipinski definition) is 0. The molecule has 0 saturated heterocycles. The summed E-state index contributed by atoms with van der Waals surface area (Å²) < 4.78 is 0. The standard InChI is InChI=1S/C15H15ClN2O/c1-18(10-8-12-5-3-2-4-6-12)15(19)14-11-13(16)7-9-17-14/h2-7,9,11H,8,10H2,1H3. The number of aromatic nitrogens is 1. The van der Waals surface area contributed by atoms with Gasteiger partial charge in [0.1, 0.15) is 5.69 Å². The Kier molecular flexibility index (Phi) is 4.53. The molecule has 0 fully saturated rings. The van der Waals surface area contributed by atoms with Gasteiger partial charge in [0.25, 0.3) is 5.91 Å². The van der Waals surface area contributed by atoms with Crippen LogP contribution in [-0.2, 0) is 6.42 Å². The molecule has 0 unspecified atom stereocenters. The van der Waals surface area contributed by atoms with Crippen molar-refractivity contribution in [1.29, 1.82) is 0 Å². The van der Waals surface area contributed by atoms with Crippen molar-refractivity contribution >= 4 is 17.5 Å². The third-order valence-corrected chi connectivity index (χ3v) is 3.10. The van der Waals surface area contributed by atoms with Crippen LogP contribution in [0.5, 0.6) is 0 Å². The normalized spacial score (nSPS) is 10.2. The largest absolute Gasteiger partial charge is 0.340 e. The summed E-state index contributed by atoms with van der Waals surface area (Å²) in [6.45, 7) is 0.650. The average Bonchev–Trinajstić information content (AvgIpc) is 2.45. The molecule has 0 N–H and O–H groups in total. The lowest BCUT2D eigenvalue weighted by molar-refractivity contribution is 0.0791. The molecule has 0 radical (unpaired) electrons. The Labute approximate surface area is 117 Å². The van der Waals surface area contributed by atoms with E-state index in [1.807, 2.05) is 18.2 Å². The molecule has 0 aliphatic rings.